The van der Waals surface area contributed by atoms with Crippen LogP contribution in [-0.4, -0.2) is 14.3 Å². The normalized spacial score (nSPS) is 14.0. The fraction of sp³-hybridized carbons (Fsp3) is 0.269. The monoisotopic (exact) mass is 448 g/mol. The summed E-state index contributed by atoms with van der Waals surface area (Å²) in [5.74, 6) is -0.301. The van der Waals surface area contributed by atoms with Crippen molar-refractivity contribution in [3.8, 4) is 0 Å². The van der Waals surface area contributed by atoms with Gasteiger partial charge in [-0.25, -0.2) is 8.42 Å². The van der Waals surface area contributed by atoms with E-state index >= 15 is 0 Å². The van der Waals surface area contributed by atoms with Gasteiger partial charge in [-0.05, 0) is 86.1 Å². The van der Waals surface area contributed by atoms with E-state index in [-0.39, 0.29) is 16.8 Å². The van der Waals surface area contributed by atoms with Crippen molar-refractivity contribution in [3.05, 3.63) is 94.0 Å². The minimum Gasteiger partial charge on any atom is -0.346 e. The van der Waals surface area contributed by atoms with Gasteiger partial charge in [-0.3, -0.25) is 9.52 Å². The van der Waals surface area contributed by atoms with Crippen molar-refractivity contribution in [2.45, 2.75) is 51.0 Å². The maximum Gasteiger partial charge on any atom is 0.262 e. The summed E-state index contributed by atoms with van der Waals surface area (Å²) >= 11 is 0. The molecular formula is C26H28N2O3S. The van der Waals surface area contributed by atoms with Gasteiger partial charge in [0, 0.05) is 5.56 Å². The average molecular weight is 449 g/mol. The third-order valence-electron chi connectivity index (χ3n) is 6.10. The first kappa shape index (κ1) is 22.1. The van der Waals surface area contributed by atoms with Gasteiger partial charge in [0.05, 0.1) is 16.6 Å². The largest absolute Gasteiger partial charge is 0.346 e. The molecule has 3 aromatic rings. The lowest BCUT2D eigenvalue weighted by Crippen LogP contribution is -2.27. The van der Waals surface area contributed by atoms with Crippen LogP contribution in [0.5, 0.6) is 0 Å². The quantitative estimate of drug-likeness (QED) is 0.552. The molecule has 6 heteroatoms. The SMILES string of the molecule is Cc1ccccc1NS(=O)(=O)c1cc(C(=O)N[C@H](C)c2ccc3c(c2)CCC3)ccc1C. The summed E-state index contributed by atoms with van der Waals surface area (Å²) in [7, 11) is -3.84. The molecule has 1 aliphatic rings. The summed E-state index contributed by atoms with van der Waals surface area (Å²) in [4.78, 5) is 13.0. The number of hydrogen-bond donors (Lipinski definition) is 2. The van der Waals surface area contributed by atoms with Gasteiger partial charge in [-0.15, -0.1) is 0 Å². The van der Waals surface area contributed by atoms with Crippen LogP contribution in [0.15, 0.2) is 65.6 Å². The van der Waals surface area contributed by atoms with Crippen molar-refractivity contribution >= 4 is 21.6 Å². The summed E-state index contributed by atoms with van der Waals surface area (Å²) in [5, 5.41) is 3.01. The number of carbonyl (C=O) groups is 1. The highest BCUT2D eigenvalue weighted by Gasteiger charge is 2.21. The van der Waals surface area contributed by atoms with Crippen LogP contribution in [0.25, 0.3) is 0 Å². The van der Waals surface area contributed by atoms with Gasteiger partial charge in [0.25, 0.3) is 15.9 Å². The van der Waals surface area contributed by atoms with Crippen LogP contribution in [0, 0.1) is 13.8 Å². The zero-order valence-electron chi connectivity index (χ0n) is 18.6. The standard InChI is InChI=1S/C26H28N2O3S/c1-17-7-4-5-10-24(17)28-32(30,31)25-16-23(12-11-18(25)2)26(29)27-19(3)21-14-13-20-8-6-9-22(20)15-21/h4-5,7,10-16,19,28H,6,8-9H2,1-3H3,(H,27,29)/t19-/m1/s1. The lowest BCUT2D eigenvalue weighted by molar-refractivity contribution is 0.0939. The zero-order chi connectivity index (χ0) is 22.9. The molecule has 0 aliphatic heterocycles. The van der Waals surface area contributed by atoms with Crippen molar-refractivity contribution < 1.29 is 13.2 Å². The van der Waals surface area contributed by atoms with Crippen molar-refractivity contribution in [2.75, 3.05) is 4.72 Å². The highest BCUT2D eigenvalue weighted by Crippen LogP contribution is 2.26. The molecule has 1 atom stereocenters. The van der Waals surface area contributed by atoms with Gasteiger partial charge in [0.1, 0.15) is 0 Å². The van der Waals surface area contributed by atoms with E-state index in [1.165, 1.54) is 23.6 Å². The Kier molecular flexibility index (Phi) is 6.07. The van der Waals surface area contributed by atoms with Crippen LogP contribution < -0.4 is 10.0 Å². The fourth-order valence-corrected chi connectivity index (χ4v) is 5.54. The molecule has 32 heavy (non-hydrogen) atoms. The smallest absolute Gasteiger partial charge is 0.262 e. The van der Waals surface area contributed by atoms with Crippen LogP contribution in [0.2, 0.25) is 0 Å². The Morgan fingerprint density at radius 3 is 2.44 bits per heavy atom. The third-order valence-corrected chi connectivity index (χ3v) is 7.61. The van der Waals surface area contributed by atoms with Gasteiger partial charge in [0.2, 0.25) is 0 Å². The molecule has 0 unspecified atom stereocenters. The number of carbonyl (C=O) groups excluding carboxylic acids is 1. The first-order valence-corrected chi connectivity index (χ1v) is 12.3. The molecular weight excluding hydrogens is 420 g/mol. The number of para-hydroxylation sites is 1. The van der Waals surface area contributed by atoms with Gasteiger partial charge in [0.15, 0.2) is 0 Å². The average Bonchev–Trinajstić information content (AvgIpc) is 3.23. The van der Waals surface area contributed by atoms with E-state index in [1.807, 2.05) is 26.0 Å². The second kappa shape index (κ2) is 8.79. The van der Waals surface area contributed by atoms with E-state index in [4.69, 9.17) is 0 Å². The van der Waals surface area contributed by atoms with Gasteiger partial charge >= 0.3 is 0 Å². The van der Waals surface area contributed by atoms with Crippen molar-refractivity contribution in [2.24, 2.45) is 0 Å². The first-order valence-electron chi connectivity index (χ1n) is 10.9. The molecule has 0 heterocycles. The number of benzene rings is 3. The van der Waals surface area contributed by atoms with Crippen molar-refractivity contribution in [1.29, 1.82) is 0 Å². The zero-order valence-corrected chi connectivity index (χ0v) is 19.4. The highest BCUT2D eigenvalue weighted by molar-refractivity contribution is 7.92. The highest BCUT2D eigenvalue weighted by atomic mass is 32.2. The summed E-state index contributed by atoms with van der Waals surface area (Å²) in [6.45, 7) is 5.51. The molecule has 1 aliphatic carbocycles. The number of amides is 1. The second-order valence-electron chi connectivity index (χ2n) is 8.48. The summed E-state index contributed by atoms with van der Waals surface area (Å²) in [6.07, 6.45) is 3.38. The molecule has 0 saturated carbocycles. The van der Waals surface area contributed by atoms with E-state index in [1.54, 1.807) is 31.2 Å². The Morgan fingerprint density at radius 1 is 0.906 bits per heavy atom. The number of hydrogen-bond acceptors (Lipinski definition) is 3. The predicted octanol–water partition coefficient (Wildman–Crippen LogP) is 5.08. The summed E-state index contributed by atoms with van der Waals surface area (Å²) < 4.78 is 28.8. The Balaban J connectivity index is 1.55. The number of fused-ring (bicyclic) bond motifs is 1. The minimum absolute atomic E-state index is 0.0959. The molecule has 1 amide bonds. The molecule has 0 radical (unpaired) electrons. The van der Waals surface area contributed by atoms with Crippen LogP contribution >= 0.6 is 0 Å². The topological polar surface area (TPSA) is 75.3 Å². The lowest BCUT2D eigenvalue weighted by atomic mass is 10.0. The van der Waals surface area contributed by atoms with Crippen LogP contribution in [0.3, 0.4) is 0 Å². The number of anilines is 1. The Morgan fingerprint density at radius 2 is 1.66 bits per heavy atom. The van der Waals surface area contributed by atoms with E-state index < -0.39 is 10.0 Å². The van der Waals surface area contributed by atoms with Crippen molar-refractivity contribution in [1.82, 2.24) is 5.32 Å². The number of sulfonamides is 1. The third kappa shape index (κ3) is 4.55. The van der Waals surface area contributed by atoms with E-state index in [2.05, 4.69) is 28.2 Å². The van der Waals surface area contributed by atoms with Gasteiger partial charge in [-0.2, -0.15) is 0 Å². The van der Waals surface area contributed by atoms with E-state index in [9.17, 15) is 13.2 Å². The molecule has 0 saturated heterocycles. The number of nitrogens with one attached hydrogen (secondary N) is 2. The molecule has 4 rings (SSSR count). The first-order chi connectivity index (χ1) is 15.2. The molecule has 5 nitrogen and oxygen atoms in total. The van der Waals surface area contributed by atoms with E-state index in [0.29, 0.717) is 16.8 Å². The van der Waals surface area contributed by atoms with Crippen molar-refractivity contribution in [3.63, 3.8) is 0 Å². The van der Waals surface area contributed by atoms with Gasteiger partial charge in [-0.1, -0.05) is 42.5 Å². The molecule has 166 valence electrons. The molecule has 0 bridgehead atoms. The molecule has 0 fully saturated rings. The lowest BCUT2D eigenvalue weighted by Gasteiger charge is -2.17. The maximum absolute atomic E-state index is 13.1. The van der Waals surface area contributed by atoms with Gasteiger partial charge < -0.3 is 5.32 Å². The molecule has 3 aromatic carbocycles. The summed E-state index contributed by atoms with van der Waals surface area (Å²) in [6, 6.07) is 18.2. The number of aryl methyl sites for hydroxylation is 4. The van der Waals surface area contributed by atoms with Crippen LogP contribution in [0.1, 0.15) is 57.6 Å². The summed E-state index contributed by atoms with van der Waals surface area (Å²) in [5.41, 5.74) is 6.04. The Labute approximate surface area is 189 Å². The van der Waals surface area contributed by atoms with Crippen LogP contribution in [0.4, 0.5) is 5.69 Å². The fourth-order valence-electron chi connectivity index (χ4n) is 4.14. The molecule has 0 spiro atoms. The van der Waals surface area contributed by atoms with E-state index in [0.717, 1.165) is 24.0 Å². The maximum atomic E-state index is 13.1. The number of rotatable bonds is 6. The molecule has 0 aromatic heterocycles. The minimum atomic E-state index is -3.84. The second-order valence-corrected chi connectivity index (χ2v) is 10.1. The molecule has 2 N–H and O–H groups in total. The van der Waals surface area contributed by atoms with Crippen LogP contribution in [-0.2, 0) is 22.9 Å². The Bertz CT molecular complexity index is 1280. The Hall–Kier alpha value is -3.12. The predicted molar refractivity (Wildman–Crippen MR) is 128 cm³/mol.